The summed E-state index contributed by atoms with van der Waals surface area (Å²) in [4.78, 5) is 23.8. The lowest BCUT2D eigenvalue weighted by Gasteiger charge is -2.21. The van der Waals surface area contributed by atoms with Gasteiger partial charge >= 0.3 is 0 Å². The highest BCUT2D eigenvalue weighted by atomic mass is 79.9. The fraction of sp³-hybridized carbons (Fsp3) is 0.467. The SMILES string of the molecule is Cc1cc(Br)ccc1NC(=O)CNC(=O)C1CCNCC1.Cl. The van der Waals surface area contributed by atoms with Gasteiger partial charge in [0.05, 0.1) is 6.54 Å². The summed E-state index contributed by atoms with van der Waals surface area (Å²) in [5.74, 6) is -0.213. The molecule has 0 aliphatic carbocycles. The van der Waals surface area contributed by atoms with Crippen molar-refractivity contribution in [2.75, 3.05) is 25.0 Å². The highest BCUT2D eigenvalue weighted by Crippen LogP contribution is 2.19. The van der Waals surface area contributed by atoms with E-state index < -0.39 is 0 Å². The Labute approximate surface area is 145 Å². The van der Waals surface area contributed by atoms with E-state index in [0.29, 0.717) is 0 Å². The third kappa shape index (κ3) is 5.59. The van der Waals surface area contributed by atoms with E-state index >= 15 is 0 Å². The first kappa shape index (κ1) is 18.9. The number of rotatable bonds is 4. The van der Waals surface area contributed by atoms with E-state index in [0.717, 1.165) is 41.7 Å². The van der Waals surface area contributed by atoms with Gasteiger partial charge in [0.1, 0.15) is 0 Å². The van der Waals surface area contributed by atoms with Crippen LogP contribution in [0, 0.1) is 12.8 Å². The van der Waals surface area contributed by atoms with Crippen LogP contribution in [-0.4, -0.2) is 31.4 Å². The molecule has 0 bridgehead atoms. The molecular formula is C15H21BrClN3O2. The molecule has 1 aromatic rings. The van der Waals surface area contributed by atoms with Crippen LogP contribution in [0.15, 0.2) is 22.7 Å². The zero-order valence-electron chi connectivity index (χ0n) is 12.4. The van der Waals surface area contributed by atoms with Gasteiger partial charge in [-0.2, -0.15) is 0 Å². The highest BCUT2D eigenvalue weighted by molar-refractivity contribution is 9.10. The van der Waals surface area contributed by atoms with Crippen LogP contribution in [0.4, 0.5) is 5.69 Å². The maximum Gasteiger partial charge on any atom is 0.243 e. The number of carbonyl (C=O) groups is 2. The summed E-state index contributed by atoms with van der Waals surface area (Å²) in [7, 11) is 0. The average molecular weight is 391 g/mol. The van der Waals surface area contributed by atoms with E-state index in [1.165, 1.54) is 0 Å². The normalized spacial score (nSPS) is 14.8. The lowest BCUT2D eigenvalue weighted by Crippen LogP contribution is -2.41. The van der Waals surface area contributed by atoms with Crippen molar-refractivity contribution in [2.45, 2.75) is 19.8 Å². The Kier molecular flexibility index (Phi) is 7.85. The molecule has 0 atom stereocenters. The van der Waals surface area contributed by atoms with E-state index in [-0.39, 0.29) is 36.7 Å². The molecule has 0 spiro atoms. The van der Waals surface area contributed by atoms with E-state index in [1.807, 2.05) is 25.1 Å². The average Bonchev–Trinajstić information content (AvgIpc) is 2.48. The molecule has 0 aromatic heterocycles. The number of piperidine rings is 1. The third-order valence-electron chi connectivity index (χ3n) is 3.60. The minimum Gasteiger partial charge on any atom is -0.347 e. The molecule has 22 heavy (non-hydrogen) atoms. The Hall–Kier alpha value is -1.11. The van der Waals surface area contributed by atoms with Crippen molar-refractivity contribution >= 4 is 45.8 Å². The number of carbonyl (C=O) groups excluding carboxylic acids is 2. The van der Waals surface area contributed by atoms with Crippen molar-refractivity contribution in [1.29, 1.82) is 0 Å². The number of halogens is 2. The van der Waals surface area contributed by atoms with Crippen LogP contribution in [0.1, 0.15) is 18.4 Å². The molecule has 1 fully saturated rings. The maximum absolute atomic E-state index is 11.9. The van der Waals surface area contributed by atoms with Gasteiger partial charge in [-0.25, -0.2) is 0 Å². The molecule has 5 nitrogen and oxygen atoms in total. The first-order valence-electron chi connectivity index (χ1n) is 7.10. The molecule has 2 rings (SSSR count). The van der Waals surface area contributed by atoms with Gasteiger partial charge in [0.15, 0.2) is 0 Å². The van der Waals surface area contributed by atoms with Crippen LogP contribution in [0.3, 0.4) is 0 Å². The molecule has 1 saturated heterocycles. The molecule has 2 amide bonds. The number of anilines is 1. The summed E-state index contributed by atoms with van der Waals surface area (Å²) >= 11 is 3.38. The molecule has 1 aliphatic rings. The molecule has 3 N–H and O–H groups in total. The topological polar surface area (TPSA) is 70.2 Å². The van der Waals surface area contributed by atoms with Gasteiger partial charge in [0.2, 0.25) is 11.8 Å². The number of nitrogens with one attached hydrogen (secondary N) is 3. The van der Waals surface area contributed by atoms with E-state index in [1.54, 1.807) is 0 Å². The van der Waals surface area contributed by atoms with E-state index in [2.05, 4.69) is 31.9 Å². The van der Waals surface area contributed by atoms with Gasteiger partial charge in [-0.1, -0.05) is 15.9 Å². The molecule has 1 heterocycles. The number of hydrogen-bond donors (Lipinski definition) is 3. The van der Waals surface area contributed by atoms with Gasteiger partial charge in [-0.15, -0.1) is 12.4 Å². The van der Waals surface area contributed by atoms with Gasteiger partial charge in [-0.05, 0) is 56.6 Å². The standard InChI is InChI=1S/C15H20BrN3O2.ClH/c1-10-8-12(16)2-3-13(10)19-14(20)9-18-15(21)11-4-6-17-7-5-11;/h2-3,8,11,17H,4-7,9H2,1H3,(H,18,21)(H,19,20);1H. The fourth-order valence-corrected chi connectivity index (χ4v) is 2.83. The number of hydrogen-bond acceptors (Lipinski definition) is 3. The number of amides is 2. The van der Waals surface area contributed by atoms with E-state index in [9.17, 15) is 9.59 Å². The van der Waals surface area contributed by atoms with Crippen LogP contribution >= 0.6 is 28.3 Å². The fourth-order valence-electron chi connectivity index (χ4n) is 2.36. The van der Waals surface area contributed by atoms with Crippen molar-refractivity contribution in [1.82, 2.24) is 10.6 Å². The van der Waals surface area contributed by atoms with Crippen LogP contribution in [0.5, 0.6) is 0 Å². The Morgan fingerprint density at radius 1 is 1.32 bits per heavy atom. The number of aryl methyl sites for hydroxylation is 1. The van der Waals surface area contributed by atoms with Crippen LogP contribution in [0.2, 0.25) is 0 Å². The lowest BCUT2D eigenvalue weighted by atomic mass is 9.97. The van der Waals surface area contributed by atoms with Gasteiger partial charge in [0.25, 0.3) is 0 Å². The molecule has 0 radical (unpaired) electrons. The molecule has 0 saturated carbocycles. The molecule has 1 aromatic carbocycles. The molecule has 1 aliphatic heterocycles. The lowest BCUT2D eigenvalue weighted by molar-refractivity contribution is -0.127. The summed E-state index contributed by atoms with van der Waals surface area (Å²) in [5, 5.41) is 8.74. The molecule has 7 heteroatoms. The predicted molar refractivity (Wildman–Crippen MR) is 93.4 cm³/mol. The predicted octanol–water partition coefficient (Wildman–Crippen LogP) is 2.23. The summed E-state index contributed by atoms with van der Waals surface area (Å²) in [6, 6.07) is 5.64. The molecule has 0 unspecified atom stereocenters. The van der Waals surface area contributed by atoms with Crippen molar-refractivity contribution in [3.63, 3.8) is 0 Å². The van der Waals surface area contributed by atoms with Gasteiger partial charge in [-0.3, -0.25) is 9.59 Å². The quantitative estimate of drug-likeness (QED) is 0.738. The molecular weight excluding hydrogens is 370 g/mol. The second-order valence-corrected chi connectivity index (χ2v) is 6.17. The molecule has 122 valence electrons. The first-order valence-corrected chi connectivity index (χ1v) is 7.90. The van der Waals surface area contributed by atoms with Crippen LogP contribution in [0.25, 0.3) is 0 Å². The van der Waals surface area contributed by atoms with Crippen LogP contribution in [-0.2, 0) is 9.59 Å². The van der Waals surface area contributed by atoms with Crippen molar-refractivity contribution in [2.24, 2.45) is 5.92 Å². The largest absolute Gasteiger partial charge is 0.347 e. The summed E-state index contributed by atoms with van der Waals surface area (Å²) in [6.45, 7) is 3.66. The number of benzene rings is 1. The summed E-state index contributed by atoms with van der Waals surface area (Å²) in [6.07, 6.45) is 1.67. The monoisotopic (exact) mass is 389 g/mol. The maximum atomic E-state index is 11.9. The van der Waals surface area contributed by atoms with Crippen LogP contribution < -0.4 is 16.0 Å². The second-order valence-electron chi connectivity index (χ2n) is 5.25. The Bertz CT molecular complexity index is 534. The van der Waals surface area contributed by atoms with Gasteiger partial charge in [0, 0.05) is 16.1 Å². The zero-order valence-corrected chi connectivity index (χ0v) is 14.9. The Balaban J connectivity index is 0.00000242. The Morgan fingerprint density at radius 3 is 2.64 bits per heavy atom. The van der Waals surface area contributed by atoms with E-state index in [4.69, 9.17) is 0 Å². The smallest absolute Gasteiger partial charge is 0.243 e. The van der Waals surface area contributed by atoms with Gasteiger partial charge < -0.3 is 16.0 Å². The first-order chi connectivity index (χ1) is 10.1. The second kappa shape index (κ2) is 9.12. The summed E-state index contributed by atoms with van der Waals surface area (Å²) in [5.41, 5.74) is 1.74. The zero-order chi connectivity index (χ0) is 15.2. The highest BCUT2D eigenvalue weighted by Gasteiger charge is 2.21. The minimum absolute atomic E-state index is 0. The van der Waals surface area contributed by atoms with Crippen molar-refractivity contribution in [3.05, 3.63) is 28.2 Å². The van der Waals surface area contributed by atoms with Crippen molar-refractivity contribution < 1.29 is 9.59 Å². The summed E-state index contributed by atoms with van der Waals surface area (Å²) < 4.78 is 0.970. The van der Waals surface area contributed by atoms with Crippen molar-refractivity contribution in [3.8, 4) is 0 Å². The minimum atomic E-state index is -0.206. The Morgan fingerprint density at radius 2 is 2.00 bits per heavy atom. The third-order valence-corrected chi connectivity index (χ3v) is 4.09.